The van der Waals surface area contributed by atoms with Crippen molar-refractivity contribution in [2.75, 3.05) is 20.6 Å². The van der Waals surface area contributed by atoms with Gasteiger partial charge in [0.25, 0.3) is 0 Å². The van der Waals surface area contributed by atoms with Gasteiger partial charge in [0, 0.05) is 12.5 Å². The third-order valence-corrected chi connectivity index (χ3v) is 4.55. The second-order valence-electron chi connectivity index (χ2n) is 7.13. The summed E-state index contributed by atoms with van der Waals surface area (Å²) in [5.41, 5.74) is 2.60. The summed E-state index contributed by atoms with van der Waals surface area (Å²) >= 11 is 0. The standard InChI is InChI=1S/C19H31NO/c1-15(2)21-19(17-11-8-9-16(3)13-17)12-7-6-10-18(19)14-20(4)5/h8-9,11,13,15,18H,6-7,10,12,14H2,1-5H3/t18-,19+/m1/s1. The maximum Gasteiger partial charge on any atom is 0.0975 e. The van der Waals surface area contributed by atoms with E-state index in [0.717, 1.165) is 13.0 Å². The molecule has 21 heavy (non-hydrogen) atoms. The fraction of sp³-hybridized carbons (Fsp3) is 0.684. The summed E-state index contributed by atoms with van der Waals surface area (Å²) in [6.45, 7) is 7.61. The summed E-state index contributed by atoms with van der Waals surface area (Å²) in [7, 11) is 4.34. The lowest BCUT2D eigenvalue weighted by Gasteiger charge is -2.46. The Morgan fingerprint density at radius 2 is 2.05 bits per heavy atom. The topological polar surface area (TPSA) is 12.5 Å². The van der Waals surface area contributed by atoms with Crippen LogP contribution in [0, 0.1) is 12.8 Å². The van der Waals surface area contributed by atoms with Gasteiger partial charge in [0.1, 0.15) is 0 Å². The van der Waals surface area contributed by atoms with Gasteiger partial charge in [0.05, 0.1) is 11.7 Å². The maximum absolute atomic E-state index is 6.61. The highest BCUT2D eigenvalue weighted by molar-refractivity contribution is 5.29. The number of aryl methyl sites for hydroxylation is 1. The van der Waals surface area contributed by atoms with Gasteiger partial charge in [-0.05, 0) is 53.3 Å². The van der Waals surface area contributed by atoms with E-state index in [0.29, 0.717) is 5.92 Å². The van der Waals surface area contributed by atoms with Crippen LogP contribution in [0.2, 0.25) is 0 Å². The smallest absolute Gasteiger partial charge is 0.0975 e. The largest absolute Gasteiger partial charge is 0.367 e. The maximum atomic E-state index is 6.61. The molecule has 118 valence electrons. The molecule has 0 spiro atoms. The summed E-state index contributed by atoms with van der Waals surface area (Å²) in [6, 6.07) is 8.95. The normalized spacial score (nSPS) is 26.5. The number of rotatable bonds is 5. The van der Waals surface area contributed by atoms with Crippen molar-refractivity contribution in [2.24, 2.45) is 5.92 Å². The van der Waals surface area contributed by atoms with Crippen molar-refractivity contribution in [3.05, 3.63) is 35.4 Å². The monoisotopic (exact) mass is 289 g/mol. The molecular formula is C19H31NO. The van der Waals surface area contributed by atoms with Crippen LogP contribution in [0.1, 0.15) is 50.7 Å². The van der Waals surface area contributed by atoms with Gasteiger partial charge in [-0.2, -0.15) is 0 Å². The molecule has 0 N–H and O–H groups in total. The van der Waals surface area contributed by atoms with Crippen molar-refractivity contribution in [1.29, 1.82) is 0 Å². The molecule has 0 aromatic heterocycles. The Morgan fingerprint density at radius 3 is 2.67 bits per heavy atom. The number of benzene rings is 1. The fourth-order valence-corrected chi connectivity index (χ4v) is 3.83. The molecule has 1 aromatic carbocycles. The van der Waals surface area contributed by atoms with Crippen molar-refractivity contribution >= 4 is 0 Å². The number of nitrogens with zero attached hydrogens (tertiary/aromatic N) is 1. The molecular weight excluding hydrogens is 258 g/mol. The zero-order valence-electron chi connectivity index (χ0n) is 14.4. The lowest BCUT2D eigenvalue weighted by atomic mass is 9.70. The van der Waals surface area contributed by atoms with Crippen LogP contribution in [0.25, 0.3) is 0 Å². The van der Waals surface area contributed by atoms with Crippen LogP contribution < -0.4 is 0 Å². The van der Waals surface area contributed by atoms with Gasteiger partial charge in [-0.25, -0.2) is 0 Å². The second kappa shape index (κ2) is 6.93. The van der Waals surface area contributed by atoms with Gasteiger partial charge >= 0.3 is 0 Å². The van der Waals surface area contributed by atoms with Gasteiger partial charge in [0.15, 0.2) is 0 Å². The second-order valence-corrected chi connectivity index (χ2v) is 7.13. The first-order valence-electron chi connectivity index (χ1n) is 8.34. The molecule has 0 saturated heterocycles. The molecule has 2 rings (SSSR count). The minimum absolute atomic E-state index is 0.108. The molecule has 1 aromatic rings. The van der Waals surface area contributed by atoms with Gasteiger partial charge in [-0.3, -0.25) is 0 Å². The molecule has 2 heteroatoms. The van der Waals surface area contributed by atoms with E-state index in [1.165, 1.54) is 30.4 Å². The van der Waals surface area contributed by atoms with E-state index in [9.17, 15) is 0 Å². The zero-order chi connectivity index (χ0) is 15.5. The average molecular weight is 289 g/mol. The molecule has 1 aliphatic carbocycles. The van der Waals surface area contributed by atoms with Gasteiger partial charge < -0.3 is 9.64 Å². The summed E-state index contributed by atoms with van der Waals surface area (Å²) in [5, 5.41) is 0. The Kier molecular flexibility index (Phi) is 5.45. The first kappa shape index (κ1) is 16.5. The molecule has 2 atom stereocenters. The Morgan fingerprint density at radius 1 is 1.29 bits per heavy atom. The number of hydrogen-bond donors (Lipinski definition) is 0. The first-order valence-corrected chi connectivity index (χ1v) is 8.34. The van der Waals surface area contributed by atoms with Gasteiger partial charge in [-0.15, -0.1) is 0 Å². The van der Waals surface area contributed by atoms with Gasteiger partial charge in [0.2, 0.25) is 0 Å². The van der Waals surface area contributed by atoms with Crippen LogP contribution in [0.3, 0.4) is 0 Å². The Labute approximate surface area is 130 Å². The van der Waals surface area contributed by atoms with Gasteiger partial charge in [-0.1, -0.05) is 42.7 Å². The minimum atomic E-state index is -0.108. The lowest BCUT2D eigenvalue weighted by molar-refractivity contribution is -0.146. The van der Waals surface area contributed by atoms with Crippen LogP contribution in [-0.4, -0.2) is 31.6 Å². The predicted molar refractivity (Wildman–Crippen MR) is 89.6 cm³/mol. The third-order valence-electron chi connectivity index (χ3n) is 4.55. The fourth-order valence-electron chi connectivity index (χ4n) is 3.83. The number of hydrogen-bond acceptors (Lipinski definition) is 2. The molecule has 2 nitrogen and oxygen atoms in total. The highest BCUT2D eigenvalue weighted by Crippen LogP contribution is 2.46. The Balaban J connectivity index is 2.42. The van der Waals surface area contributed by atoms with Crippen LogP contribution >= 0.6 is 0 Å². The molecule has 1 aliphatic rings. The lowest BCUT2D eigenvalue weighted by Crippen LogP contribution is -2.46. The van der Waals surface area contributed by atoms with E-state index in [2.05, 4.69) is 64.0 Å². The van der Waals surface area contributed by atoms with E-state index >= 15 is 0 Å². The molecule has 0 aliphatic heterocycles. The molecule has 0 amide bonds. The van der Waals surface area contributed by atoms with Crippen molar-refractivity contribution in [2.45, 2.75) is 58.2 Å². The van der Waals surface area contributed by atoms with E-state index in [4.69, 9.17) is 4.74 Å². The van der Waals surface area contributed by atoms with Crippen LogP contribution in [0.4, 0.5) is 0 Å². The summed E-state index contributed by atoms with van der Waals surface area (Å²) < 4.78 is 6.61. The Bertz CT molecular complexity index is 455. The van der Waals surface area contributed by atoms with Crippen LogP contribution in [0.15, 0.2) is 24.3 Å². The molecule has 0 radical (unpaired) electrons. The minimum Gasteiger partial charge on any atom is -0.367 e. The first-order chi connectivity index (χ1) is 9.94. The van der Waals surface area contributed by atoms with Crippen molar-refractivity contribution < 1.29 is 4.74 Å². The number of ether oxygens (including phenoxy) is 1. The third kappa shape index (κ3) is 3.87. The average Bonchev–Trinajstić information content (AvgIpc) is 2.40. The van der Waals surface area contributed by atoms with Crippen molar-refractivity contribution in [3.63, 3.8) is 0 Å². The van der Waals surface area contributed by atoms with Crippen molar-refractivity contribution in [3.8, 4) is 0 Å². The summed E-state index contributed by atoms with van der Waals surface area (Å²) in [4.78, 5) is 2.31. The highest BCUT2D eigenvalue weighted by Gasteiger charge is 2.44. The van der Waals surface area contributed by atoms with Crippen molar-refractivity contribution in [1.82, 2.24) is 4.90 Å². The SMILES string of the molecule is Cc1cccc([C@@]2(OC(C)C)CCCC[C@@H]2CN(C)C)c1. The molecule has 0 unspecified atom stereocenters. The summed E-state index contributed by atoms with van der Waals surface area (Å²) in [6.07, 6.45) is 5.26. The van der Waals surface area contributed by atoms with E-state index in [-0.39, 0.29) is 11.7 Å². The molecule has 1 fully saturated rings. The predicted octanol–water partition coefficient (Wildman–Crippen LogP) is 4.37. The molecule has 1 saturated carbocycles. The Hall–Kier alpha value is -0.860. The zero-order valence-corrected chi connectivity index (χ0v) is 14.4. The van der Waals surface area contributed by atoms with Crippen LogP contribution in [0.5, 0.6) is 0 Å². The van der Waals surface area contributed by atoms with E-state index < -0.39 is 0 Å². The quantitative estimate of drug-likeness (QED) is 0.798. The molecule has 0 heterocycles. The van der Waals surface area contributed by atoms with Crippen LogP contribution in [-0.2, 0) is 10.3 Å². The highest BCUT2D eigenvalue weighted by atomic mass is 16.5. The van der Waals surface area contributed by atoms with E-state index in [1.54, 1.807) is 0 Å². The molecule has 0 bridgehead atoms. The van der Waals surface area contributed by atoms with E-state index in [1.807, 2.05) is 0 Å². The summed E-state index contributed by atoms with van der Waals surface area (Å²) in [5.74, 6) is 0.574.